The topological polar surface area (TPSA) is 68.1 Å². The number of piperidine rings is 1. The molecule has 4 heterocycles. The van der Waals surface area contributed by atoms with Crippen molar-refractivity contribution in [1.82, 2.24) is 13.9 Å². The lowest BCUT2D eigenvalue weighted by Gasteiger charge is -2.28. The maximum absolute atomic E-state index is 13.8. The lowest BCUT2D eigenvalue weighted by atomic mass is 10.1. The molecule has 5 aromatic rings. The number of aromatic nitrogens is 3. The summed E-state index contributed by atoms with van der Waals surface area (Å²) in [6.07, 6.45) is 6.84. The van der Waals surface area contributed by atoms with Gasteiger partial charge < -0.3 is 4.90 Å². The Morgan fingerprint density at radius 1 is 0.812 bits per heavy atom. The summed E-state index contributed by atoms with van der Waals surface area (Å²) in [5.41, 5.74) is 2.26. The van der Waals surface area contributed by atoms with Gasteiger partial charge in [0.05, 0.1) is 21.4 Å². The Hall–Kier alpha value is -3.45. The first-order valence-electron chi connectivity index (χ1n) is 10.9. The maximum Gasteiger partial charge on any atom is 0.268 e. The molecule has 0 saturated carbocycles. The Morgan fingerprint density at radius 3 is 2.53 bits per heavy atom. The Bertz CT molecular complexity index is 1580. The Morgan fingerprint density at radius 2 is 1.66 bits per heavy atom. The normalized spacial score (nSPS) is 15.1. The number of fused-ring (bicyclic) bond motifs is 4. The van der Waals surface area contributed by atoms with Crippen LogP contribution < -0.4 is 4.90 Å². The van der Waals surface area contributed by atoms with E-state index in [4.69, 9.17) is 4.98 Å². The van der Waals surface area contributed by atoms with Crippen molar-refractivity contribution in [2.24, 2.45) is 0 Å². The van der Waals surface area contributed by atoms with Crippen LogP contribution in [0.2, 0.25) is 0 Å². The highest BCUT2D eigenvalue weighted by Crippen LogP contribution is 2.35. The van der Waals surface area contributed by atoms with Gasteiger partial charge in [0.2, 0.25) is 0 Å². The van der Waals surface area contributed by atoms with Crippen LogP contribution in [0.15, 0.2) is 78.0 Å². The predicted octanol–water partition coefficient (Wildman–Crippen LogP) is 4.97. The van der Waals surface area contributed by atoms with Gasteiger partial charge in [0.1, 0.15) is 5.82 Å². The summed E-state index contributed by atoms with van der Waals surface area (Å²) in [5.74, 6) is 0.870. The van der Waals surface area contributed by atoms with Crippen molar-refractivity contribution >= 4 is 48.5 Å². The molecule has 0 aliphatic carbocycles. The summed E-state index contributed by atoms with van der Waals surface area (Å²) in [7, 11) is -3.81. The molecular weight excluding hydrogens is 420 g/mol. The smallest absolute Gasteiger partial charge is 0.268 e. The van der Waals surface area contributed by atoms with E-state index in [0.717, 1.165) is 58.9 Å². The first-order valence-corrected chi connectivity index (χ1v) is 12.3. The molecule has 0 bridgehead atoms. The van der Waals surface area contributed by atoms with Gasteiger partial charge in [-0.05, 0) is 55.7 Å². The standard InChI is InChI=1S/C25H22N4O2S/c30-32(31,19-10-11-22-18(17-19)7-6-13-26-22)29-16-12-21-24(29)20-8-2-3-9-23(20)27-25(21)28-14-4-1-5-15-28/h2-3,6-13,16-17H,1,4-5,14-15H2. The van der Waals surface area contributed by atoms with E-state index >= 15 is 0 Å². The minimum atomic E-state index is -3.81. The van der Waals surface area contributed by atoms with Crippen LogP contribution in [-0.2, 0) is 10.0 Å². The zero-order valence-corrected chi connectivity index (χ0v) is 18.3. The molecule has 1 aliphatic rings. The SMILES string of the molecule is O=S(=O)(c1ccc2ncccc2c1)n1ccc2c(N3CCCCC3)nc3ccccc3c21. The van der Waals surface area contributed by atoms with Crippen LogP contribution in [0.25, 0.3) is 32.7 Å². The highest BCUT2D eigenvalue weighted by molar-refractivity contribution is 7.90. The molecule has 6 nitrogen and oxygen atoms in total. The van der Waals surface area contributed by atoms with E-state index < -0.39 is 10.0 Å². The van der Waals surface area contributed by atoms with Crippen molar-refractivity contribution in [1.29, 1.82) is 0 Å². The predicted molar refractivity (Wildman–Crippen MR) is 128 cm³/mol. The van der Waals surface area contributed by atoms with Crippen LogP contribution in [0.4, 0.5) is 5.82 Å². The number of anilines is 1. The number of nitrogens with zero attached hydrogens (tertiary/aromatic N) is 4. The van der Waals surface area contributed by atoms with Gasteiger partial charge >= 0.3 is 0 Å². The van der Waals surface area contributed by atoms with Gasteiger partial charge in [-0.2, -0.15) is 0 Å². The molecule has 1 fully saturated rings. The van der Waals surface area contributed by atoms with E-state index in [1.54, 1.807) is 30.6 Å². The fourth-order valence-electron chi connectivity index (χ4n) is 4.68. The van der Waals surface area contributed by atoms with Crippen molar-refractivity contribution in [3.63, 3.8) is 0 Å². The minimum absolute atomic E-state index is 0.246. The van der Waals surface area contributed by atoms with Gasteiger partial charge in [-0.3, -0.25) is 4.98 Å². The van der Waals surface area contributed by atoms with Gasteiger partial charge in [0.25, 0.3) is 10.0 Å². The summed E-state index contributed by atoms with van der Waals surface area (Å²) >= 11 is 0. The average molecular weight is 443 g/mol. The summed E-state index contributed by atoms with van der Waals surface area (Å²) in [6.45, 7) is 1.88. The van der Waals surface area contributed by atoms with Crippen molar-refractivity contribution in [2.45, 2.75) is 24.2 Å². The lowest BCUT2D eigenvalue weighted by Crippen LogP contribution is -2.30. The zero-order chi connectivity index (χ0) is 21.7. The van der Waals surface area contributed by atoms with Gasteiger partial charge in [-0.15, -0.1) is 0 Å². The fraction of sp³-hybridized carbons (Fsp3) is 0.200. The number of benzene rings is 2. The van der Waals surface area contributed by atoms with Gasteiger partial charge in [0.15, 0.2) is 0 Å². The molecule has 160 valence electrons. The number of para-hydroxylation sites is 1. The third kappa shape index (κ3) is 2.96. The van der Waals surface area contributed by atoms with Crippen molar-refractivity contribution in [3.8, 4) is 0 Å². The van der Waals surface area contributed by atoms with Crippen molar-refractivity contribution < 1.29 is 8.42 Å². The summed E-state index contributed by atoms with van der Waals surface area (Å²) < 4.78 is 29.0. The molecule has 0 N–H and O–H groups in total. The van der Waals surface area contributed by atoms with Gasteiger partial charge in [-0.1, -0.05) is 24.3 Å². The molecule has 0 spiro atoms. The molecule has 7 heteroatoms. The molecule has 0 atom stereocenters. The Balaban J connectivity index is 1.61. The van der Waals surface area contributed by atoms with Crippen molar-refractivity contribution in [2.75, 3.05) is 18.0 Å². The van der Waals surface area contributed by atoms with E-state index in [9.17, 15) is 8.42 Å². The van der Waals surface area contributed by atoms with E-state index in [1.807, 2.05) is 42.5 Å². The Labute approximate surface area is 186 Å². The van der Waals surface area contributed by atoms with Crippen LogP contribution in [0.1, 0.15) is 19.3 Å². The van der Waals surface area contributed by atoms with Gasteiger partial charge in [0, 0.05) is 41.6 Å². The number of hydrogen-bond donors (Lipinski definition) is 0. The molecular formula is C25H22N4O2S. The summed E-state index contributed by atoms with van der Waals surface area (Å²) in [4.78, 5) is 11.8. The molecule has 2 aromatic carbocycles. The minimum Gasteiger partial charge on any atom is -0.356 e. The molecule has 1 aliphatic heterocycles. The first-order chi connectivity index (χ1) is 15.6. The first kappa shape index (κ1) is 19.3. The molecule has 32 heavy (non-hydrogen) atoms. The number of pyridine rings is 2. The van der Waals surface area contributed by atoms with E-state index in [1.165, 1.54) is 10.4 Å². The molecule has 0 radical (unpaired) electrons. The van der Waals surface area contributed by atoms with E-state index in [0.29, 0.717) is 5.52 Å². The van der Waals surface area contributed by atoms with Crippen LogP contribution >= 0.6 is 0 Å². The quantitative estimate of drug-likeness (QED) is 0.395. The van der Waals surface area contributed by atoms with Crippen LogP contribution in [0, 0.1) is 0 Å². The molecule has 0 unspecified atom stereocenters. The lowest BCUT2D eigenvalue weighted by molar-refractivity contribution is 0.575. The molecule has 6 rings (SSSR count). The fourth-order valence-corrected chi connectivity index (χ4v) is 6.08. The molecule has 0 amide bonds. The second-order valence-electron chi connectivity index (χ2n) is 8.24. The third-order valence-corrected chi connectivity index (χ3v) is 7.94. The highest BCUT2D eigenvalue weighted by atomic mass is 32.2. The van der Waals surface area contributed by atoms with Crippen LogP contribution in [0.5, 0.6) is 0 Å². The number of rotatable bonds is 3. The second kappa shape index (κ2) is 7.31. The molecule has 3 aromatic heterocycles. The zero-order valence-electron chi connectivity index (χ0n) is 17.5. The van der Waals surface area contributed by atoms with Crippen LogP contribution in [0.3, 0.4) is 0 Å². The maximum atomic E-state index is 13.8. The van der Waals surface area contributed by atoms with Crippen molar-refractivity contribution in [3.05, 3.63) is 73.1 Å². The monoisotopic (exact) mass is 442 g/mol. The van der Waals surface area contributed by atoms with Gasteiger partial charge in [-0.25, -0.2) is 17.4 Å². The molecule has 1 saturated heterocycles. The largest absolute Gasteiger partial charge is 0.356 e. The van der Waals surface area contributed by atoms with E-state index in [-0.39, 0.29) is 4.90 Å². The Kier molecular flexibility index (Phi) is 4.40. The average Bonchev–Trinajstić information content (AvgIpc) is 3.30. The second-order valence-corrected chi connectivity index (χ2v) is 10.1. The van der Waals surface area contributed by atoms with Crippen LogP contribution in [-0.4, -0.2) is 35.4 Å². The third-order valence-electron chi connectivity index (χ3n) is 6.27. The summed E-state index contributed by atoms with van der Waals surface area (Å²) in [6, 6.07) is 18.4. The number of hydrogen-bond acceptors (Lipinski definition) is 5. The van der Waals surface area contributed by atoms with E-state index in [2.05, 4.69) is 9.88 Å². The summed E-state index contributed by atoms with van der Waals surface area (Å²) in [5, 5.41) is 2.50. The highest BCUT2D eigenvalue weighted by Gasteiger charge is 2.24.